The lowest BCUT2D eigenvalue weighted by Gasteiger charge is -2.09. The van der Waals surface area contributed by atoms with E-state index >= 15 is 0 Å². The van der Waals surface area contributed by atoms with Gasteiger partial charge in [-0.15, -0.1) is 0 Å². The van der Waals surface area contributed by atoms with E-state index in [1.807, 2.05) is 0 Å². The van der Waals surface area contributed by atoms with Crippen molar-refractivity contribution in [3.63, 3.8) is 0 Å². The van der Waals surface area contributed by atoms with Crippen LogP contribution in [-0.4, -0.2) is 6.61 Å². The van der Waals surface area contributed by atoms with Crippen molar-refractivity contribution in [3.05, 3.63) is 23.8 Å². The maximum Gasteiger partial charge on any atom is 0.152 e. The van der Waals surface area contributed by atoms with Crippen molar-refractivity contribution in [1.82, 2.24) is 0 Å². The molecule has 18 heavy (non-hydrogen) atoms. The number of hydrogen-bond donors (Lipinski definition) is 1. The van der Waals surface area contributed by atoms with Crippen molar-refractivity contribution in [2.75, 3.05) is 12.3 Å². The van der Waals surface area contributed by atoms with Gasteiger partial charge in [-0.2, -0.15) is 0 Å². The number of unbranched alkanes of at least 4 members (excludes halogenated alkanes) is 5. The third-order valence-electron chi connectivity index (χ3n) is 2.81. The average Bonchev–Trinajstić information content (AvgIpc) is 2.33. The summed E-state index contributed by atoms with van der Waals surface area (Å²) in [6.45, 7) is 2.61. The molecule has 1 aromatic carbocycles. The smallest absolute Gasteiger partial charge is 0.152 e. The predicted molar refractivity (Wildman–Crippen MR) is 69.6 cm³/mol. The van der Waals surface area contributed by atoms with Gasteiger partial charge in [-0.3, -0.25) is 0 Å². The summed E-state index contributed by atoms with van der Waals surface area (Å²) in [5.74, 6) is -1.34. The molecule has 2 nitrogen and oxygen atoms in total. The molecule has 102 valence electrons. The number of benzene rings is 1. The van der Waals surface area contributed by atoms with Crippen LogP contribution in [-0.2, 0) is 0 Å². The molecule has 2 N–H and O–H groups in total. The normalized spacial score (nSPS) is 10.6. The molecule has 0 heterocycles. The minimum atomic E-state index is -0.770. The van der Waals surface area contributed by atoms with Crippen LogP contribution >= 0.6 is 0 Å². The average molecular weight is 257 g/mol. The van der Waals surface area contributed by atoms with E-state index in [-0.39, 0.29) is 11.4 Å². The fourth-order valence-electron chi connectivity index (χ4n) is 1.75. The molecule has 0 unspecified atom stereocenters. The van der Waals surface area contributed by atoms with E-state index in [4.69, 9.17) is 10.5 Å². The second kappa shape index (κ2) is 7.90. The standard InChI is InChI=1S/C14H21F2NO/c1-2-3-4-5-6-7-8-18-13-10-11(15)9-12(16)14(13)17/h9-10H,2-8,17H2,1H3. The van der Waals surface area contributed by atoms with Gasteiger partial charge in [-0.05, 0) is 6.42 Å². The monoisotopic (exact) mass is 257 g/mol. The second-order valence-electron chi connectivity index (χ2n) is 4.42. The summed E-state index contributed by atoms with van der Waals surface area (Å²) in [6.07, 6.45) is 6.81. The van der Waals surface area contributed by atoms with Gasteiger partial charge < -0.3 is 10.5 Å². The topological polar surface area (TPSA) is 35.2 Å². The third kappa shape index (κ3) is 4.90. The minimum Gasteiger partial charge on any atom is -0.491 e. The van der Waals surface area contributed by atoms with Gasteiger partial charge in [0.1, 0.15) is 17.3 Å². The van der Waals surface area contributed by atoms with E-state index in [1.165, 1.54) is 25.7 Å². The first kappa shape index (κ1) is 14.7. The van der Waals surface area contributed by atoms with Crippen molar-refractivity contribution < 1.29 is 13.5 Å². The number of rotatable bonds is 8. The summed E-state index contributed by atoms with van der Waals surface area (Å²) in [6, 6.07) is 1.88. The minimum absolute atomic E-state index is 0.0982. The van der Waals surface area contributed by atoms with E-state index in [0.717, 1.165) is 25.0 Å². The highest BCUT2D eigenvalue weighted by molar-refractivity contribution is 5.53. The van der Waals surface area contributed by atoms with Crippen LogP contribution in [0.5, 0.6) is 5.75 Å². The molecular weight excluding hydrogens is 236 g/mol. The molecule has 0 aliphatic rings. The Morgan fingerprint density at radius 2 is 1.72 bits per heavy atom. The van der Waals surface area contributed by atoms with E-state index in [0.29, 0.717) is 6.61 Å². The summed E-state index contributed by atoms with van der Waals surface area (Å²) in [7, 11) is 0. The van der Waals surface area contributed by atoms with Crippen molar-refractivity contribution in [3.8, 4) is 5.75 Å². The Kier molecular flexibility index (Phi) is 6.47. The van der Waals surface area contributed by atoms with E-state index < -0.39 is 11.6 Å². The molecular formula is C14H21F2NO. The van der Waals surface area contributed by atoms with E-state index in [2.05, 4.69) is 6.92 Å². The highest BCUT2D eigenvalue weighted by Crippen LogP contribution is 2.25. The Morgan fingerprint density at radius 3 is 2.44 bits per heavy atom. The first-order chi connectivity index (χ1) is 8.65. The third-order valence-corrected chi connectivity index (χ3v) is 2.81. The predicted octanol–water partition coefficient (Wildman–Crippen LogP) is 4.29. The highest BCUT2D eigenvalue weighted by Gasteiger charge is 2.08. The van der Waals surface area contributed by atoms with Crippen LogP contribution in [0.25, 0.3) is 0 Å². The summed E-state index contributed by atoms with van der Waals surface area (Å²) in [4.78, 5) is 0. The van der Waals surface area contributed by atoms with Gasteiger partial charge >= 0.3 is 0 Å². The van der Waals surface area contributed by atoms with Gasteiger partial charge in [0.05, 0.1) is 6.61 Å². The summed E-state index contributed by atoms with van der Waals surface area (Å²) < 4.78 is 31.4. The largest absolute Gasteiger partial charge is 0.491 e. The summed E-state index contributed by atoms with van der Waals surface area (Å²) >= 11 is 0. The molecule has 0 fully saturated rings. The molecule has 1 rings (SSSR count). The van der Waals surface area contributed by atoms with Crippen molar-refractivity contribution in [2.24, 2.45) is 0 Å². The second-order valence-corrected chi connectivity index (χ2v) is 4.42. The SMILES string of the molecule is CCCCCCCCOc1cc(F)cc(F)c1N. The first-order valence-electron chi connectivity index (χ1n) is 6.52. The Balaban J connectivity index is 2.27. The number of anilines is 1. The van der Waals surface area contributed by atoms with Crippen molar-refractivity contribution >= 4 is 5.69 Å². The fourth-order valence-corrected chi connectivity index (χ4v) is 1.75. The van der Waals surface area contributed by atoms with Gasteiger partial charge in [0.15, 0.2) is 5.82 Å². The van der Waals surface area contributed by atoms with Gasteiger partial charge in [0.25, 0.3) is 0 Å². The van der Waals surface area contributed by atoms with Gasteiger partial charge in [0.2, 0.25) is 0 Å². The van der Waals surface area contributed by atoms with Crippen molar-refractivity contribution in [1.29, 1.82) is 0 Å². The molecule has 0 aliphatic carbocycles. The first-order valence-corrected chi connectivity index (χ1v) is 6.52. The molecule has 0 aliphatic heterocycles. The summed E-state index contributed by atoms with van der Waals surface area (Å²) in [5, 5.41) is 0. The van der Waals surface area contributed by atoms with Crippen LogP contribution in [0.1, 0.15) is 45.4 Å². The molecule has 0 amide bonds. The molecule has 1 aromatic rings. The number of ether oxygens (including phenoxy) is 1. The Labute approximate surface area is 107 Å². The maximum atomic E-state index is 13.1. The van der Waals surface area contributed by atoms with Gasteiger partial charge in [-0.1, -0.05) is 39.0 Å². The van der Waals surface area contributed by atoms with Crippen LogP contribution in [0.2, 0.25) is 0 Å². The van der Waals surface area contributed by atoms with Gasteiger partial charge in [0, 0.05) is 12.1 Å². The molecule has 0 bridgehead atoms. The Hall–Kier alpha value is -1.32. The van der Waals surface area contributed by atoms with Crippen molar-refractivity contribution in [2.45, 2.75) is 45.4 Å². The molecule has 0 saturated heterocycles. The van der Waals surface area contributed by atoms with Crippen LogP contribution in [0.15, 0.2) is 12.1 Å². The van der Waals surface area contributed by atoms with E-state index in [9.17, 15) is 8.78 Å². The van der Waals surface area contributed by atoms with Crippen LogP contribution in [0.3, 0.4) is 0 Å². The molecule has 0 atom stereocenters. The number of hydrogen-bond acceptors (Lipinski definition) is 2. The summed E-state index contributed by atoms with van der Waals surface area (Å²) in [5.41, 5.74) is 5.34. The van der Waals surface area contributed by atoms with Crippen LogP contribution in [0, 0.1) is 11.6 Å². The van der Waals surface area contributed by atoms with Crippen LogP contribution in [0.4, 0.5) is 14.5 Å². The maximum absolute atomic E-state index is 13.1. The zero-order valence-electron chi connectivity index (χ0n) is 10.8. The van der Waals surface area contributed by atoms with Crippen LogP contribution < -0.4 is 10.5 Å². The highest BCUT2D eigenvalue weighted by atomic mass is 19.1. The zero-order chi connectivity index (χ0) is 13.4. The fraction of sp³-hybridized carbons (Fsp3) is 0.571. The molecule has 4 heteroatoms. The molecule has 0 radical (unpaired) electrons. The Bertz CT molecular complexity index is 369. The Morgan fingerprint density at radius 1 is 1.06 bits per heavy atom. The zero-order valence-corrected chi connectivity index (χ0v) is 10.8. The molecule has 0 aromatic heterocycles. The molecule has 0 saturated carbocycles. The molecule has 0 spiro atoms. The quantitative estimate of drug-likeness (QED) is 0.557. The number of halogens is 2. The number of nitrogen functional groups attached to an aromatic ring is 1. The van der Waals surface area contributed by atoms with Gasteiger partial charge in [-0.25, -0.2) is 8.78 Å². The number of nitrogens with two attached hydrogens (primary N) is 1. The lowest BCUT2D eigenvalue weighted by Crippen LogP contribution is -2.02. The van der Waals surface area contributed by atoms with E-state index in [1.54, 1.807) is 0 Å². The lowest BCUT2D eigenvalue weighted by atomic mass is 10.1. The lowest BCUT2D eigenvalue weighted by molar-refractivity contribution is 0.303.